The van der Waals surface area contributed by atoms with Gasteiger partial charge in [0.15, 0.2) is 6.29 Å². The van der Waals surface area contributed by atoms with Crippen LogP contribution >= 0.6 is 0 Å². The lowest BCUT2D eigenvalue weighted by molar-refractivity contribution is -0.165. The fourth-order valence-electron chi connectivity index (χ4n) is 1.90. The second kappa shape index (κ2) is 7.11. The van der Waals surface area contributed by atoms with Gasteiger partial charge < -0.3 is 19.3 Å². The summed E-state index contributed by atoms with van der Waals surface area (Å²) >= 11 is 0. The van der Waals surface area contributed by atoms with E-state index in [4.69, 9.17) is 19.3 Å². The molecule has 1 aromatic rings. The van der Waals surface area contributed by atoms with Crippen LogP contribution in [0.4, 0.5) is 0 Å². The van der Waals surface area contributed by atoms with Crippen molar-refractivity contribution < 1.29 is 24.1 Å². The summed E-state index contributed by atoms with van der Waals surface area (Å²) in [6, 6.07) is 6.41. The van der Waals surface area contributed by atoms with Crippen molar-refractivity contribution in [2.24, 2.45) is 0 Å². The highest BCUT2D eigenvalue weighted by Crippen LogP contribution is 2.15. The molecule has 0 spiro atoms. The number of benzene rings is 1. The van der Waals surface area contributed by atoms with Gasteiger partial charge in [-0.05, 0) is 37.5 Å². The second-order valence-corrected chi connectivity index (χ2v) is 4.35. The van der Waals surface area contributed by atoms with Crippen molar-refractivity contribution in [1.82, 2.24) is 0 Å². The molecule has 1 saturated heterocycles. The van der Waals surface area contributed by atoms with Crippen molar-refractivity contribution in [2.45, 2.75) is 25.6 Å². The van der Waals surface area contributed by atoms with Crippen molar-refractivity contribution in [3.05, 3.63) is 29.8 Å². The van der Waals surface area contributed by atoms with Crippen LogP contribution in [0.3, 0.4) is 0 Å². The highest BCUT2D eigenvalue weighted by molar-refractivity contribution is 5.87. The molecule has 0 radical (unpaired) electrons. The Bertz CT molecular complexity index is 412. The van der Waals surface area contributed by atoms with Crippen molar-refractivity contribution in [3.63, 3.8) is 0 Å². The number of hydrogen-bond acceptors (Lipinski definition) is 4. The summed E-state index contributed by atoms with van der Waals surface area (Å²) < 4.78 is 16.4. The monoisotopic (exact) mass is 266 g/mol. The maximum atomic E-state index is 10.8. The molecule has 0 saturated carbocycles. The summed E-state index contributed by atoms with van der Waals surface area (Å²) in [5, 5.41) is 8.85. The van der Waals surface area contributed by atoms with Gasteiger partial charge in [0.05, 0.1) is 12.2 Å². The van der Waals surface area contributed by atoms with E-state index in [2.05, 4.69) is 0 Å². The van der Waals surface area contributed by atoms with Gasteiger partial charge in [0.25, 0.3) is 0 Å². The van der Waals surface area contributed by atoms with E-state index in [1.807, 2.05) is 0 Å². The zero-order chi connectivity index (χ0) is 13.5. The summed E-state index contributed by atoms with van der Waals surface area (Å²) in [6.45, 7) is 1.57. The molecule has 19 heavy (non-hydrogen) atoms. The van der Waals surface area contributed by atoms with Gasteiger partial charge in [0.1, 0.15) is 12.4 Å². The van der Waals surface area contributed by atoms with Crippen LogP contribution in [0.5, 0.6) is 5.75 Å². The van der Waals surface area contributed by atoms with E-state index in [1.54, 1.807) is 12.1 Å². The van der Waals surface area contributed by atoms with E-state index < -0.39 is 5.97 Å². The minimum atomic E-state index is -0.961. The molecule has 1 N–H and O–H groups in total. The molecule has 1 aliphatic heterocycles. The Morgan fingerprint density at radius 2 is 2.26 bits per heavy atom. The molecule has 104 valence electrons. The van der Waals surface area contributed by atoms with Gasteiger partial charge in [-0.2, -0.15) is 0 Å². The minimum absolute atomic E-state index is 0.122. The molecule has 5 nitrogen and oxygen atoms in total. The summed E-state index contributed by atoms with van der Waals surface area (Å²) in [6.07, 6.45) is 3.03. The molecule has 1 aromatic carbocycles. The molecular weight excluding hydrogens is 248 g/mol. The second-order valence-electron chi connectivity index (χ2n) is 4.35. The van der Waals surface area contributed by atoms with E-state index >= 15 is 0 Å². The van der Waals surface area contributed by atoms with Crippen LogP contribution < -0.4 is 4.74 Å². The van der Waals surface area contributed by atoms with Crippen molar-refractivity contribution in [1.29, 1.82) is 0 Å². The highest BCUT2D eigenvalue weighted by Gasteiger charge is 2.13. The molecule has 0 bridgehead atoms. The standard InChI is InChI=1S/C14H18O5/c15-14(16)11-4-3-5-12(10-11)17-8-9-19-13-6-1-2-7-18-13/h3-5,10,13H,1-2,6-9H2,(H,15,16). The van der Waals surface area contributed by atoms with E-state index in [0.717, 1.165) is 25.9 Å². The summed E-state index contributed by atoms with van der Waals surface area (Å²) in [4.78, 5) is 10.8. The van der Waals surface area contributed by atoms with Crippen LogP contribution in [0.25, 0.3) is 0 Å². The largest absolute Gasteiger partial charge is 0.491 e. The number of aromatic carboxylic acids is 1. The first-order valence-corrected chi connectivity index (χ1v) is 6.45. The normalized spacial score (nSPS) is 19.1. The molecule has 0 aromatic heterocycles. The maximum absolute atomic E-state index is 10.8. The quantitative estimate of drug-likeness (QED) is 0.800. The molecule has 0 amide bonds. The zero-order valence-corrected chi connectivity index (χ0v) is 10.7. The lowest BCUT2D eigenvalue weighted by Gasteiger charge is -2.22. The Morgan fingerprint density at radius 1 is 1.37 bits per heavy atom. The third-order valence-electron chi connectivity index (χ3n) is 2.87. The topological polar surface area (TPSA) is 65.0 Å². The summed E-state index contributed by atoms with van der Waals surface area (Å²) in [5.41, 5.74) is 0.217. The predicted octanol–water partition coefficient (Wildman–Crippen LogP) is 2.31. The summed E-state index contributed by atoms with van der Waals surface area (Å²) in [7, 11) is 0. The summed E-state index contributed by atoms with van der Waals surface area (Å²) in [5.74, 6) is -0.426. The molecule has 1 unspecified atom stereocenters. The minimum Gasteiger partial charge on any atom is -0.491 e. The molecular formula is C14H18O5. The molecule has 1 fully saturated rings. The van der Waals surface area contributed by atoms with Crippen LogP contribution in [0, 0.1) is 0 Å². The number of carbonyl (C=O) groups is 1. The Labute approximate surface area is 112 Å². The molecule has 5 heteroatoms. The smallest absolute Gasteiger partial charge is 0.335 e. The van der Waals surface area contributed by atoms with Gasteiger partial charge >= 0.3 is 5.97 Å². The molecule has 1 atom stereocenters. The Hall–Kier alpha value is -1.59. The van der Waals surface area contributed by atoms with E-state index in [1.165, 1.54) is 12.1 Å². The van der Waals surface area contributed by atoms with E-state index in [0.29, 0.717) is 19.0 Å². The fourth-order valence-corrected chi connectivity index (χ4v) is 1.90. The maximum Gasteiger partial charge on any atom is 0.335 e. The molecule has 2 rings (SSSR count). The lowest BCUT2D eigenvalue weighted by Crippen LogP contribution is -2.24. The van der Waals surface area contributed by atoms with Gasteiger partial charge in [0, 0.05) is 6.61 Å². The number of carboxylic acid groups (broad SMARTS) is 1. The van der Waals surface area contributed by atoms with Crippen molar-refractivity contribution >= 4 is 5.97 Å². The highest BCUT2D eigenvalue weighted by atomic mass is 16.7. The molecule has 0 aliphatic carbocycles. The average molecular weight is 266 g/mol. The van der Waals surface area contributed by atoms with Crippen LogP contribution in [0.2, 0.25) is 0 Å². The van der Waals surface area contributed by atoms with Gasteiger partial charge in [-0.1, -0.05) is 6.07 Å². The third-order valence-corrected chi connectivity index (χ3v) is 2.87. The predicted molar refractivity (Wildman–Crippen MR) is 68.4 cm³/mol. The fraction of sp³-hybridized carbons (Fsp3) is 0.500. The van der Waals surface area contributed by atoms with E-state index in [9.17, 15) is 4.79 Å². The Balaban J connectivity index is 1.70. The molecule has 1 aliphatic rings. The number of rotatable bonds is 6. The number of hydrogen-bond donors (Lipinski definition) is 1. The van der Waals surface area contributed by atoms with Crippen LogP contribution in [-0.4, -0.2) is 37.2 Å². The third kappa shape index (κ3) is 4.54. The van der Waals surface area contributed by atoms with Gasteiger partial charge in [-0.25, -0.2) is 4.79 Å². The van der Waals surface area contributed by atoms with Crippen molar-refractivity contribution in [2.75, 3.05) is 19.8 Å². The van der Waals surface area contributed by atoms with Gasteiger partial charge in [-0.3, -0.25) is 0 Å². The first kappa shape index (κ1) is 13.8. The van der Waals surface area contributed by atoms with Gasteiger partial charge in [-0.15, -0.1) is 0 Å². The van der Waals surface area contributed by atoms with Crippen molar-refractivity contribution in [3.8, 4) is 5.75 Å². The molecule has 1 heterocycles. The van der Waals surface area contributed by atoms with E-state index in [-0.39, 0.29) is 11.9 Å². The SMILES string of the molecule is O=C(O)c1cccc(OCCOC2CCCCO2)c1. The Kier molecular flexibility index (Phi) is 5.18. The first-order chi connectivity index (χ1) is 9.25. The van der Waals surface area contributed by atoms with Crippen LogP contribution in [-0.2, 0) is 9.47 Å². The number of ether oxygens (including phenoxy) is 3. The van der Waals surface area contributed by atoms with Crippen LogP contribution in [0.15, 0.2) is 24.3 Å². The number of carboxylic acids is 1. The first-order valence-electron chi connectivity index (χ1n) is 6.45. The Morgan fingerprint density at radius 3 is 3.00 bits per heavy atom. The van der Waals surface area contributed by atoms with Crippen LogP contribution in [0.1, 0.15) is 29.6 Å². The average Bonchev–Trinajstić information content (AvgIpc) is 2.45. The lowest BCUT2D eigenvalue weighted by atomic mass is 10.2. The zero-order valence-electron chi connectivity index (χ0n) is 10.7. The van der Waals surface area contributed by atoms with Gasteiger partial charge in [0.2, 0.25) is 0 Å².